The highest BCUT2D eigenvalue weighted by molar-refractivity contribution is 7.47. The lowest BCUT2D eigenvalue weighted by Gasteiger charge is -2.24. The molecule has 1 amide bonds. The Kier molecular flexibility index (Phi) is 27.1. The maximum Gasteiger partial charge on any atom is 0.472 e. The molecule has 0 aliphatic heterocycles. The van der Waals surface area contributed by atoms with Crippen LogP contribution in [0.5, 0.6) is 0 Å². The van der Waals surface area contributed by atoms with Crippen LogP contribution in [0.1, 0.15) is 110 Å². The van der Waals surface area contributed by atoms with Gasteiger partial charge in [-0.15, -0.1) is 0 Å². The number of amides is 1. The first-order valence-corrected chi connectivity index (χ1v) is 17.3. The Morgan fingerprint density at radius 2 is 1.33 bits per heavy atom. The summed E-state index contributed by atoms with van der Waals surface area (Å²) in [6.45, 7) is 3.76. The molecule has 0 saturated carbocycles. The highest BCUT2D eigenvalue weighted by atomic mass is 31.2. The maximum atomic E-state index is 12.6. The molecule has 0 fully saturated rings. The second kappa shape index (κ2) is 28.2. The molecular weight excluding hydrogens is 555 g/mol. The summed E-state index contributed by atoms with van der Waals surface area (Å²) in [5.74, 6) is -0.481. The van der Waals surface area contributed by atoms with Crippen molar-refractivity contribution in [2.45, 2.75) is 128 Å². The van der Waals surface area contributed by atoms with E-state index in [4.69, 9.17) is 14.8 Å². The number of unbranched alkanes of at least 4 members (excludes halogenated alkanes) is 8. The number of hydrogen-bond donors (Lipinski definition) is 5. The zero-order valence-corrected chi connectivity index (χ0v) is 27.0. The lowest BCUT2D eigenvalue weighted by atomic mass is 10.1. The summed E-state index contributed by atoms with van der Waals surface area (Å²) >= 11 is 0. The van der Waals surface area contributed by atoms with E-state index in [0.29, 0.717) is 12.8 Å². The van der Waals surface area contributed by atoms with E-state index < -0.39 is 38.6 Å². The van der Waals surface area contributed by atoms with Crippen LogP contribution in [0.25, 0.3) is 0 Å². The summed E-state index contributed by atoms with van der Waals surface area (Å²) in [5.41, 5.74) is 5.31. The van der Waals surface area contributed by atoms with Gasteiger partial charge in [-0.25, -0.2) is 4.57 Å². The molecule has 0 heterocycles. The fraction of sp³-hybridized carbons (Fsp3) is 0.719. The summed E-state index contributed by atoms with van der Waals surface area (Å²) in [6, 6.07) is -1.01. The zero-order chi connectivity index (χ0) is 31.3. The van der Waals surface area contributed by atoms with Gasteiger partial charge in [0.05, 0.1) is 37.9 Å². The second-order valence-electron chi connectivity index (χ2n) is 10.5. The monoisotopic (exact) mass is 614 g/mol. The minimum Gasteiger partial charge on any atom is -0.393 e. The molecule has 0 radical (unpaired) electrons. The molecule has 9 nitrogen and oxygen atoms in total. The van der Waals surface area contributed by atoms with Gasteiger partial charge in [0.25, 0.3) is 0 Å². The number of rotatable bonds is 28. The van der Waals surface area contributed by atoms with Gasteiger partial charge in [-0.05, 0) is 57.8 Å². The summed E-state index contributed by atoms with van der Waals surface area (Å²) < 4.78 is 21.8. The van der Waals surface area contributed by atoms with Crippen LogP contribution in [0, 0.1) is 0 Å². The van der Waals surface area contributed by atoms with Crippen molar-refractivity contribution in [3.63, 3.8) is 0 Å². The number of aliphatic hydroxyl groups excluding tert-OH is 2. The van der Waals surface area contributed by atoms with E-state index in [9.17, 15) is 24.5 Å². The van der Waals surface area contributed by atoms with Gasteiger partial charge in [0.1, 0.15) is 0 Å². The Morgan fingerprint density at radius 1 is 0.810 bits per heavy atom. The molecule has 0 spiro atoms. The standard InChI is InChI=1S/C32H59N2O7P/c1-3-5-7-9-11-13-14-15-16-18-20-22-24-31(36)30(28-41-42(38,39)40-26-25-33)34-32(37)27-29(35)23-21-19-17-12-10-8-6-4-2/h9-12,15-16,22,24,29-31,35-36H,3-8,13-14,17-21,23,25-28,33H2,1-2H3,(H,34,37)(H,38,39)/b11-9+,12-10-,16-15+,24-22+. The minimum atomic E-state index is -4.40. The fourth-order valence-electron chi connectivity index (χ4n) is 3.94. The molecule has 10 heteroatoms. The van der Waals surface area contributed by atoms with Crippen LogP contribution in [0.3, 0.4) is 0 Å². The third kappa shape index (κ3) is 26.1. The van der Waals surface area contributed by atoms with Crippen molar-refractivity contribution in [1.29, 1.82) is 0 Å². The van der Waals surface area contributed by atoms with Crippen molar-refractivity contribution >= 4 is 13.7 Å². The van der Waals surface area contributed by atoms with Crippen LogP contribution in [-0.4, -0.2) is 59.0 Å². The van der Waals surface area contributed by atoms with Gasteiger partial charge < -0.3 is 26.2 Å². The summed E-state index contributed by atoms with van der Waals surface area (Å²) in [6.07, 6.45) is 27.9. The average Bonchev–Trinajstić information content (AvgIpc) is 2.96. The number of carbonyl (C=O) groups excluding carboxylic acids is 1. The number of phosphoric ester groups is 1. The SMILES string of the molecule is CCCC/C=C\CCCCC(O)CC(=O)NC(COP(=O)(O)OCCN)C(O)/C=C/CC/C=C/CC/C=C/CCCC. The molecule has 0 aromatic carbocycles. The highest BCUT2D eigenvalue weighted by Crippen LogP contribution is 2.43. The van der Waals surface area contributed by atoms with Crippen molar-refractivity contribution < 1.29 is 33.5 Å². The van der Waals surface area contributed by atoms with Gasteiger partial charge in [0.15, 0.2) is 0 Å². The van der Waals surface area contributed by atoms with Crippen LogP contribution < -0.4 is 11.1 Å². The number of hydrogen-bond acceptors (Lipinski definition) is 7. The zero-order valence-electron chi connectivity index (χ0n) is 26.1. The molecule has 0 aromatic rings. The summed E-state index contributed by atoms with van der Waals surface area (Å²) in [7, 11) is -4.40. The quantitative estimate of drug-likeness (QED) is 0.0386. The van der Waals surface area contributed by atoms with Gasteiger partial charge in [-0.1, -0.05) is 94.6 Å². The second-order valence-corrected chi connectivity index (χ2v) is 11.9. The number of nitrogens with one attached hydrogen (secondary N) is 1. The number of nitrogens with two attached hydrogens (primary N) is 1. The van der Waals surface area contributed by atoms with Crippen LogP contribution in [0.15, 0.2) is 48.6 Å². The largest absolute Gasteiger partial charge is 0.472 e. The highest BCUT2D eigenvalue weighted by Gasteiger charge is 2.27. The summed E-state index contributed by atoms with van der Waals surface area (Å²) in [5, 5.41) is 23.6. The van der Waals surface area contributed by atoms with Crippen LogP contribution in [-0.2, 0) is 18.4 Å². The van der Waals surface area contributed by atoms with Crippen LogP contribution in [0.2, 0.25) is 0 Å². The molecule has 244 valence electrons. The smallest absolute Gasteiger partial charge is 0.393 e. The van der Waals surface area contributed by atoms with E-state index in [1.807, 2.05) is 0 Å². The number of phosphoric acid groups is 1. The van der Waals surface area contributed by atoms with Crippen molar-refractivity contribution in [2.75, 3.05) is 19.8 Å². The Bertz CT molecular complexity index is 817. The molecule has 0 rings (SSSR count). The van der Waals surface area contributed by atoms with Crippen molar-refractivity contribution in [3.05, 3.63) is 48.6 Å². The van der Waals surface area contributed by atoms with E-state index in [1.165, 1.54) is 31.8 Å². The summed E-state index contributed by atoms with van der Waals surface area (Å²) in [4.78, 5) is 22.4. The molecule has 6 N–H and O–H groups in total. The normalized spacial score (nSPS) is 16.0. The first-order valence-electron chi connectivity index (χ1n) is 15.8. The number of allylic oxidation sites excluding steroid dienone is 7. The van der Waals surface area contributed by atoms with E-state index in [1.54, 1.807) is 6.08 Å². The fourth-order valence-corrected chi connectivity index (χ4v) is 4.69. The van der Waals surface area contributed by atoms with E-state index in [-0.39, 0.29) is 19.6 Å². The lowest BCUT2D eigenvalue weighted by molar-refractivity contribution is -0.124. The molecule has 0 bridgehead atoms. The van der Waals surface area contributed by atoms with E-state index >= 15 is 0 Å². The third-order valence-corrected chi connectivity index (χ3v) is 7.39. The van der Waals surface area contributed by atoms with Crippen molar-refractivity contribution in [1.82, 2.24) is 5.32 Å². The van der Waals surface area contributed by atoms with Crippen molar-refractivity contribution in [3.8, 4) is 0 Å². The Balaban J connectivity index is 4.72. The van der Waals surface area contributed by atoms with Crippen LogP contribution >= 0.6 is 7.82 Å². The van der Waals surface area contributed by atoms with Gasteiger partial charge in [0, 0.05) is 6.54 Å². The molecule has 4 atom stereocenters. The third-order valence-electron chi connectivity index (χ3n) is 6.41. The first-order chi connectivity index (χ1) is 20.3. The Labute approximate surface area is 255 Å². The number of carbonyl (C=O) groups is 1. The molecule has 0 aromatic heterocycles. The first kappa shape index (κ1) is 40.4. The average molecular weight is 615 g/mol. The molecule has 42 heavy (non-hydrogen) atoms. The van der Waals surface area contributed by atoms with E-state index in [2.05, 4.69) is 55.6 Å². The van der Waals surface area contributed by atoms with Crippen LogP contribution in [0.4, 0.5) is 0 Å². The number of aliphatic hydroxyl groups is 2. The van der Waals surface area contributed by atoms with Crippen molar-refractivity contribution in [2.24, 2.45) is 5.73 Å². The Hall–Kier alpha value is -1.58. The molecule has 0 aliphatic rings. The van der Waals surface area contributed by atoms with Gasteiger partial charge in [-0.2, -0.15) is 0 Å². The van der Waals surface area contributed by atoms with E-state index in [0.717, 1.165) is 51.4 Å². The van der Waals surface area contributed by atoms with Gasteiger partial charge >= 0.3 is 7.82 Å². The minimum absolute atomic E-state index is 0.0383. The molecule has 0 aliphatic carbocycles. The Morgan fingerprint density at radius 3 is 1.88 bits per heavy atom. The molecule has 4 unspecified atom stereocenters. The topological polar surface area (TPSA) is 151 Å². The molecular formula is C32H59N2O7P. The molecule has 0 saturated heterocycles. The van der Waals surface area contributed by atoms with Gasteiger partial charge in [-0.3, -0.25) is 13.8 Å². The predicted octanol–water partition coefficient (Wildman–Crippen LogP) is 6.40. The predicted molar refractivity (Wildman–Crippen MR) is 172 cm³/mol. The van der Waals surface area contributed by atoms with Gasteiger partial charge in [0.2, 0.25) is 5.91 Å². The lowest BCUT2D eigenvalue weighted by Crippen LogP contribution is -2.46. The maximum absolute atomic E-state index is 12.6.